The number of benzene rings is 1. The van der Waals surface area contributed by atoms with Gasteiger partial charge >= 0.3 is 0 Å². The van der Waals surface area contributed by atoms with Gasteiger partial charge in [-0.15, -0.1) is 11.3 Å². The molecular weight excluding hydrogens is 344 g/mol. The number of thiophene rings is 1. The second-order valence-electron chi connectivity index (χ2n) is 7.27. The lowest BCUT2D eigenvalue weighted by atomic mass is 9.95. The lowest BCUT2D eigenvalue weighted by Gasteiger charge is -2.40. The summed E-state index contributed by atoms with van der Waals surface area (Å²) < 4.78 is 0. The largest absolute Gasteiger partial charge is 0.339 e. The normalized spacial score (nSPS) is 18.6. The molecule has 1 aromatic heterocycles. The molecule has 5 heteroatoms. The topological polar surface area (TPSA) is 40.6 Å². The first kappa shape index (κ1) is 17.4. The van der Waals surface area contributed by atoms with Gasteiger partial charge in [0, 0.05) is 37.6 Å². The van der Waals surface area contributed by atoms with Gasteiger partial charge in [-0.2, -0.15) is 0 Å². The van der Waals surface area contributed by atoms with Crippen molar-refractivity contribution in [2.75, 3.05) is 19.6 Å². The summed E-state index contributed by atoms with van der Waals surface area (Å²) in [6.07, 6.45) is 3.17. The van der Waals surface area contributed by atoms with Gasteiger partial charge in [-0.3, -0.25) is 14.5 Å². The summed E-state index contributed by atoms with van der Waals surface area (Å²) in [5.41, 5.74) is 3.59. The lowest BCUT2D eigenvalue weighted by Crippen LogP contribution is -2.48. The molecule has 1 amide bonds. The molecule has 4 rings (SSSR count). The number of fused-ring (bicyclic) bond motifs is 1. The Kier molecular flexibility index (Phi) is 4.92. The van der Waals surface area contributed by atoms with Gasteiger partial charge in [-0.25, -0.2) is 0 Å². The van der Waals surface area contributed by atoms with E-state index in [1.54, 1.807) is 13.0 Å². The first-order valence-corrected chi connectivity index (χ1v) is 10.2. The zero-order valence-corrected chi connectivity index (χ0v) is 15.9. The van der Waals surface area contributed by atoms with Crippen molar-refractivity contribution in [3.05, 3.63) is 57.3 Å². The monoisotopic (exact) mass is 368 g/mol. The van der Waals surface area contributed by atoms with Gasteiger partial charge in [0.1, 0.15) is 0 Å². The second-order valence-corrected chi connectivity index (χ2v) is 8.18. The van der Waals surface area contributed by atoms with Crippen LogP contribution in [0.5, 0.6) is 0 Å². The number of Topliss-reactive ketones (excluding diaryl/α,β-unsaturated/α-hetero) is 1. The molecule has 0 bridgehead atoms. The van der Waals surface area contributed by atoms with Crippen molar-refractivity contribution in [1.82, 2.24) is 9.80 Å². The molecule has 26 heavy (non-hydrogen) atoms. The van der Waals surface area contributed by atoms with Crippen LogP contribution in [-0.4, -0.2) is 47.2 Å². The summed E-state index contributed by atoms with van der Waals surface area (Å²) in [5.74, 6) is 0.0920. The van der Waals surface area contributed by atoms with Gasteiger partial charge in [0.05, 0.1) is 10.4 Å². The van der Waals surface area contributed by atoms with Gasteiger partial charge in [-0.1, -0.05) is 24.3 Å². The fourth-order valence-corrected chi connectivity index (χ4v) is 4.86. The summed E-state index contributed by atoms with van der Waals surface area (Å²) in [7, 11) is 0. The molecule has 3 heterocycles. The van der Waals surface area contributed by atoms with Crippen LogP contribution in [0.25, 0.3) is 0 Å². The number of hydrogen-bond donors (Lipinski definition) is 0. The third-order valence-corrected chi connectivity index (χ3v) is 6.65. The van der Waals surface area contributed by atoms with E-state index < -0.39 is 0 Å². The number of nitrogens with zero attached hydrogens (tertiary/aromatic N) is 2. The number of piperidine rings is 1. The average molecular weight is 369 g/mol. The average Bonchev–Trinajstić information content (AvgIpc) is 3.18. The van der Waals surface area contributed by atoms with E-state index in [1.807, 2.05) is 10.3 Å². The molecule has 136 valence electrons. The molecule has 0 aliphatic carbocycles. The molecule has 0 atom stereocenters. The number of rotatable bonds is 3. The fourth-order valence-electron chi connectivity index (χ4n) is 4.08. The fraction of sp³-hybridized carbons (Fsp3) is 0.429. The molecule has 0 saturated carbocycles. The highest BCUT2D eigenvalue weighted by Crippen LogP contribution is 2.26. The number of carbonyl (C=O) groups excluding carboxylic acids is 2. The van der Waals surface area contributed by atoms with Crippen LogP contribution in [0.3, 0.4) is 0 Å². The summed E-state index contributed by atoms with van der Waals surface area (Å²) in [4.78, 5) is 29.3. The summed E-state index contributed by atoms with van der Waals surface area (Å²) in [5, 5.41) is 1.81. The maximum absolute atomic E-state index is 12.7. The van der Waals surface area contributed by atoms with Gasteiger partial charge in [-0.05, 0) is 43.4 Å². The van der Waals surface area contributed by atoms with E-state index in [0.717, 1.165) is 45.4 Å². The van der Waals surface area contributed by atoms with Crippen LogP contribution in [0.2, 0.25) is 0 Å². The Hall–Kier alpha value is -1.98. The van der Waals surface area contributed by atoms with Crippen LogP contribution >= 0.6 is 11.3 Å². The van der Waals surface area contributed by atoms with Crippen molar-refractivity contribution < 1.29 is 9.59 Å². The zero-order valence-electron chi connectivity index (χ0n) is 15.1. The molecule has 0 radical (unpaired) electrons. The summed E-state index contributed by atoms with van der Waals surface area (Å²) in [6.45, 7) is 5.28. The molecule has 2 aliphatic rings. The van der Waals surface area contributed by atoms with E-state index in [4.69, 9.17) is 0 Å². The lowest BCUT2D eigenvalue weighted by molar-refractivity contribution is 0.0600. The maximum atomic E-state index is 12.7. The molecule has 1 fully saturated rings. The standard InChI is InChI=1S/C21H24N2O2S/c1-15(24)20-12-18(14-26-20)21(25)22-10-7-19(8-11-22)23-9-6-16-4-2-3-5-17(16)13-23/h2-5,12,14,19H,6-11,13H2,1H3. The smallest absolute Gasteiger partial charge is 0.254 e. The predicted molar refractivity (Wildman–Crippen MR) is 104 cm³/mol. The molecule has 4 nitrogen and oxygen atoms in total. The Balaban J connectivity index is 1.35. The molecule has 1 aromatic carbocycles. The van der Waals surface area contributed by atoms with E-state index in [2.05, 4.69) is 29.2 Å². The Morgan fingerprint density at radius 1 is 1.08 bits per heavy atom. The minimum absolute atomic E-state index is 0.0261. The number of likely N-dealkylation sites (tertiary alicyclic amines) is 1. The number of hydrogen-bond acceptors (Lipinski definition) is 4. The van der Waals surface area contributed by atoms with Crippen molar-refractivity contribution in [3.63, 3.8) is 0 Å². The molecule has 2 aromatic rings. The SMILES string of the molecule is CC(=O)c1cc(C(=O)N2CCC(N3CCc4ccccc4C3)CC2)cs1. The van der Waals surface area contributed by atoms with Crippen LogP contribution in [-0.2, 0) is 13.0 Å². The van der Waals surface area contributed by atoms with Crippen molar-refractivity contribution >= 4 is 23.0 Å². The number of amides is 1. The van der Waals surface area contributed by atoms with Crippen molar-refractivity contribution in [1.29, 1.82) is 0 Å². The second kappa shape index (κ2) is 7.33. The van der Waals surface area contributed by atoms with Crippen LogP contribution in [0.1, 0.15) is 50.9 Å². The Labute approximate surface area is 158 Å². The van der Waals surface area contributed by atoms with Crippen molar-refractivity contribution in [2.45, 2.75) is 38.8 Å². The van der Waals surface area contributed by atoms with Crippen molar-refractivity contribution in [3.8, 4) is 0 Å². The van der Waals surface area contributed by atoms with Crippen LogP contribution < -0.4 is 0 Å². The van der Waals surface area contributed by atoms with Gasteiger partial charge in [0.25, 0.3) is 5.91 Å². The molecule has 0 N–H and O–H groups in total. The predicted octanol–water partition coefficient (Wildman–Crippen LogP) is 3.61. The molecule has 2 aliphatic heterocycles. The van der Waals surface area contributed by atoms with Crippen LogP contribution in [0.15, 0.2) is 35.7 Å². The highest BCUT2D eigenvalue weighted by molar-refractivity contribution is 7.12. The van der Waals surface area contributed by atoms with Crippen LogP contribution in [0.4, 0.5) is 0 Å². The molecule has 0 unspecified atom stereocenters. The van der Waals surface area contributed by atoms with E-state index >= 15 is 0 Å². The first-order valence-electron chi connectivity index (χ1n) is 9.31. The maximum Gasteiger partial charge on any atom is 0.254 e. The molecule has 1 saturated heterocycles. The van der Waals surface area contributed by atoms with Gasteiger partial charge in [0.15, 0.2) is 5.78 Å². The molecule has 0 spiro atoms. The van der Waals surface area contributed by atoms with Gasteiger partial charge in [0.2, 0.25) is 0 Å². The highest BCUT2D eigenvalue weighted by Gasteiger charge is 2.29. The first-order chi connectivity index (χ1) is 12.6. The third kappa shape index (κ3) is 3.46. The third-order valence-electron chi connectivity index (χ3n) is 5.62. The highest BCUT2D eigenvalue weighted by atomic mass is 32.1. The quantitative estimate of drug-likeness (QED) is 0.777. The van der Waals surface area contributed by atoms with Crippen LogP contribution in [0, 0.1) is 0 Å². The minimum atomic E-state index is 0.0261. The summed E-state index contributed by atoms with van der Waals surface area (Å²) >= 11 is 1.36. The number of carbonyl (C=O) groups is 2. The van der Waals surface area contributed by atoms with E-state index in [0.29, 0.717) is 16.5 Å². The molecular formula is C21H24N2O2S. The van der Waals surface area contributed by atoms with E-state index in [-0.39, 0.29) is 11.7 Å². The van der Waals surface area contributed by atoms with Gasteiger partial charge < -0.3 is 4.90 Å². The Morgan fingerprint density at radius 2 is 1.81 bits per heavy atom. The van der Waals surface area contributed by atoms with Crippen molar-refractivity contribution in [2.24, 2.45) is 0 Å². The van der Waals surface area contributed by atoms with E-state index in [9.17, 15) is 9.59 Å². The minimum Gasteiger partial charge on any atom is -0.339 e. The Morgan fingerprint density at radius 3 is 2.50 bits per heavy atom. The summed E-state index contributed by atoms with van der Waals surface area (Å²) in [6, 6.07) is 11.0. The van der Waals surface area contributed by atoms with E-state index in [1.165, 1.54) is 22.5 Å². The Bertz CT molecular complexity index is 821. The zero-order chi connectivity index (χ0) is 18.1. The number of ketones is 1.